The summed E-state index contributed by atoms with van der Waals surface area (Å²) in [6, 6.07) is 15.0. The van der Waals surface area contributed by atoms with Crippen molar-refractivity contribution in [2.45, 2.75) is 19.5 Å². The number of carbonyl (C=O) groups is 1. The predicted octanol–water partition coefficient (Wildman–Crippen LogP) is 3.91. The number of hydrogen-bond donors (Lipinski definition) is 1. The van der Waals surface area contributed by atoms with E-state index in [1.54, 1.807) is 22.6 Å². The number of nitrogens with one attached hydrogen (secondary N) is 1. The first kappa shape index (κ1) is 21.5. The molecular weight excluding hydrogens is 425 g/mol. The summed E-state index contributed by atoms with van der Waals surface area (Å²) in [5, 5.41) is 3.15. The lowest BCUT2D eigenvalue weighted by Crippen LogP contribution is -2.30. The Morgan fingerprint density at radius 2 is 1.75 bits per heavy atom. The zero-order chi connectivity index (χ0) is 22.7. The number of imidazole rings is 1. The lowest BCUT2D eigenvalue weighted by molar-refractivity contribution is -0.275. The minimum atomic E-state index is -4.84. The number of anilines is 1. The van der Waals surface area contributed by atoms with Gasteiger partial charge in [-0.25, -0.2) is 4.98 Å². The van der Waals surface area contributed by atoms with Crippen LogP contribution >= 0.6 is 0 Å². The average molecular weight is 446 g/mol. The molecule has 1 amide bonds. The molecule has 1 aliphatic rings. The fraction of sp³-hybridized carbons (Fsp3) is 0.273. The summed E-state index contributed by atoms with van der Waals surface area (Å²) in [7, 11) is 1.71. The third kappa shape index (κ3) is 4.79. The molecule has 4 rings (SSSR count). The highest BCUT2D eigenvalue weighted by Gasteiger charge is 2.33. The fourth-order valence-corrected chi connectivity index (χ4v) is 3.43. The van der Waals surface area contributed by atoms with Crippen molar-refractivity contribution in [1.29, 1.82) is 0 Å². The van der Waals surface area contributed by atoms with Gasteiger partial charge in [0.1, 0.15) is 12.4 Å². The molecule has 1 aromatic heterocycles. The molecule has 0 spiro atoms. The Kier molecular flexibility index (Phi) is 5.93. The second-order valence-corrected chi connectivity index (χ2v) is 7.23. The topological polar surface area (TPSA) is 68.6 Å². The van der Waals surface area contributed by atoms with Gasteiger partial charge >= 0.3 is 6.36 Å². The lowest BCUT2D eigenvalue weighted by atomic mass is 10.2. The van der Waals surface area contributed by atoms with E-state index in [4.69, 9.17) is 4.74 Å². The summed E-state index contributed by atoms with van der Waals surface area (Å²) >= 11 is 0. The molecule has 10 heteroatoms. The largest absolute Gasteiger partial charge is 0.573 e. The molecule has 32 heavy (non-hydrogen) atoms. The zero-order valence-electron chi connectivity index (χ0n) is 17.2. The number of nitrogens with zero attached hydrogens (tertiary/aromatic N) is 3. The van der Waals surface area contributed by atoms with Crippen molar-refractivity contribution in [3.63, 3.8) is 0 Å². The number of benzene rings is 2. The predicted molar refractivity (Wildman–Crippen MR) is 111 cm³/mol. The van der Waals surface area contributed by atoms with E-state index in [2.05, 4.69) is 15.0 Å². The molecule has 0 radical (unpaired) electrons. The van der Waals surface area contributed by atoms with Gasteiger partial charge in [0.2, 0.25) is 0 Å². The van der Waals surface area contributed by atoms with Crippen LogP contribution in [0.15, 0.2) is 54.6 Å². The van der Waals surface area contributed by atoms with Gasteiger partial charge in [0.05, 0.1) is 0 Å². The standard InChI is InChI=1S/C22H21F3N4O3/c1-28-12-11-26-20-19(21(28)30)29(13-15-7-3-2-4-8-15)18(27-20)14-31-16-9-5-6-10-17(16)32-22(23,24)25/h2-10,26H,11-14H2,1H3. The number of amides is 1. The van der Waals surface area contributed by atoms with E-state index in [0.717, 1.165) is 5.56 Å². The Balaban J connectivity index is 1.67. The number of ether oxygens (including phenoxy) is 2. The molecule has 0 saturated carbocycles. The summed E-state index contributed by atoms with van der Waals surface area (Å²) in [6.07, 6.45) is -4.84. The maximum absolute atomic E-state index is 13.0. The molecular formula is C22H21F3N4O3. The van der Waals surface area contributed by atoms with Gasteiger partial charge in [0.15, 0.2) is 23.0 Å². The van der Waals surface area contributed by atoms with Crippen LogP contribution in [-0.4, -0.2) is 46.9 Å². The Labute approximate surface area is 182 Å². The molecule has 7 nitrogen and oxygen atoms in total. The third-order valence-corrected chi connectivity index (χ3v) is 4.95. The van der Waals surface area contributed by atoms with Crippen LogP contribution in [0.3, 0.4) is 0 Å². The van der Waals surface area contributed by atoms with Gasteiger partial charge in [-0.15, -0.1) is 13.2 Å². The maximum atomic E-state index is 13.0. The Morgan fingerprint density at radius 1 is 1.06 bits per heavy atom. The molecule has 0 fully saturated rings. The molecule has 0 unspecified atom stereocenters. The molecule has 0 aliphatic carbocycles. The number of carbonyl (C=O) groups excluding carboxylic acids is 1. The highest BCUT2D eigenvalue weighted by atomic mass is 19.4. The van der Waals surface area contributed by atoms with E-state index in [1.807, 2.05) is 30.3 Å². The molecule has 1 aliphatic heterocycles. The number of para-hydroxylation sites is 2. The van der Waals surface area contributed by atoms with Crippen LogP contribution in [0.5, 0.6) is 11.5 Å². The van der Waals surface area contributed by atoms with Gasteiger partial charge in [0, 0.05) is 26.7 Å². The second kappa shape index (κ2) is 8.81. The van der Waals surface area contributed by atoms with Gasteiger partial charge in [-0.05, 0) is 17.7 Å². The van der Waals surface area contributed by atoms with Crippen LogP contribution < -0.4 is 14.8 Å². The SMILES string of the molecule is CN1CCNc2nc(COc3ccccc3OC(F)(F)F)n(Cc3ccccc3)c2C1=O. The van der Waals surface area contributed by atoms with E-state index in [-0.39, 0.29) is 18.3 Å². The van der Waals surface area contributed by atoms with Crippen LogP contribution in [0.2, 0.25) is 0 Å². The molecule has 0 bridgehead atoms. The maximum Gasteiger partial charge on any atom is 0.573 e. The summed E-state index contributed by atoms with van der Waals surface area (Å²) in [4.78, 5) is 19.1. The van der Waals surface area contributed by atoms with E-state index >= 15 is 0 Å². The minimum Gasteiger partial charge on any atom is -0.482 e. The van der Waals surface area contributed by atoms with Crippen molar-refractivity contribution in [3.05, 3.63) is 71.7 Å². The van der Waals surface area contributed by atoms with Crippen LogP contribution in [-0.2, 0) is 13.2 Å². The molecule has 168 valence electrons. The van der Waals surface area contributed by atoms with Crippen molar-refractivity contribution >= 4 is 11.7 Å². The van der Waals surface area contributed by atoms with Gasteiger partial charge < -0.3 is 24.3 Å². The van der Waals surface area contributed by atoms with E-state index in [9.17, 15) is 18.0 Å². The summed E-state index contributed by atoms with van der Waals surface area (Å²) in [5.74, 6) is 0.105. The summed E-state index contributed by atoms with van der Waals surface area (Å²) in [5.41, 5.74) is 1.32. The Bertz CT molecular complexity index is 1100. The lowest BCUT2D eigenvalue weighted by Gasteiger charge is -2.17. The van der Waals surface area contributed by atoms with Gasteiger partial charge in [-0.3, -0.25) is 4.79 Å². The third-order valence-electron chi connectivity index (χ3n) is 4.95. The van der Waals surface area contributed by atoms with Gasteiger partial charge in [-0.2, -0.15) is 0 Å². The Hall–Kier alpha value is -3.69. The highest BCUT2D eigenvalue weighted by molar-refractivity contribution is 5.98. The van der Waals surface area contributed by atoms with E-state index in [0.29, 0.717) is 37.0 Å². The number of likely N-dealkylation sites (N-methyl/N-ethyl adjacent to an activating group) is 1. The number of fused-ring (bicyclic) bond motifs is 1. The van der Waals surface area contributed by atoms with E-state index < -0.39 is 12.1 Å². The number of halogens is 3. The number of rotatable bonds is 6. The molecule has 2 heterocycles. The molecule has 3 aromatic rings. The number of hydrogen-bond acceptors (Lipinski definition) is 5. The zero-order valence-corrected chi connectivity index (χ0v) is 17.2. The van der Waals surface area contributed by atoms with Crippen molar-refractivity contribution in [2.24, 2.45) is 0 Å². The first-order valence-corrected chi connectivity index (χ1v) is 9.92. The first-order valence-electron chi connectivity index (χ1n) is 9.92. The smallest absolute Gasteiger partial charge is 0.482 e. The quantitative estimate of drug-likeness (QED) is 0.622. The monoisotopic (exact) mass is 446 g/mol. The summed E-state index contributed by atoms with van der Waals surface area (Å²) in [6.45, 7) is 1.25. The molecule has 0 atom stereocenters. The number of aromatic nitrogens is 2. The molecule has 2 aromatic carbocycles. The van der Waals surface area contributed by atoms with Crippen molar-refractivity contribution in [1.82, 2.24) is 14.5 Å². The van der Waals surface area contributed by atoms with Gasteiger partial charge in [-0.1, -0.05) is 42.5 Å². The fourth-order valence-electron chi connectivity index (χ4n) is 3.43. The average Bonchev–Trinajstić information content (AvgIpc) is 3.01. The number of alkyl halides is 3. The van der Waals surface area contributed by atoms with Crippen molar-refractivity contribution < 1.29 is 27.4 Å². The molecule has 1 N–H and O–H groups in total. The van der Waals surface area contributed by atoms with Crippen LogP contribution in [0.25, 0.3) is 0 Å². The second-order valence-electron chi connectivity index (χ2n) is 7.23. The minimum absolute atomic E-state index is 0.0781. The van der Waals surface area contributed by atoms with Crippen LogP contribution in [0.4, 0.5) is 19.0 Å². The van der Waals surface area contributed by atoms with Crippen molar-refractivity contribution in [3.8, 4) is 11.5 Å². The normalized spacial score (nSPS) is 13.9. The van der Waals surface area contributed by atoms with Crippen LogP contribution in [0.1, 0.15) is 21.9 Å². The van der Waals surface area contributed by atoms with E-state index in [1.165, 1.54) is 18.2 Å². The Morgan fingerprint density at radius 3 is 2.47 bits per heavy atom. The first-order chi connectivity index (χ1) is 15.3. The molecule has 0 saturated heterocycles. The highest BCUT2D eigenvalue weighted by Crippen LogP contribution is 2.32. The van der Waals surface area contributed by atoms with Gasteiger partial charge in [0.25, 0.3) is 5.91 Å². The van der Waals surface area contributed by atoms with Crippen LogP contribution in [0, 0.1) is 0 Å². The van der Waals surface area contributed by atoms with Crippen molar-refractivity contribution in [2.75, 3.05) is 25.5 Å². The summed E-state index contributed by atoms with van der Waals surface area (Å²) < 4.78 is 49.6.